The molecular formula is C19H16BrN3O3S. The first kappa shape index (κ1) is 18.9. The van der Waals surface area contributed by atoms with Gasteiger partial charge in [-0.3, -0.25) is 4.99 Å². The van der Waals surface area contributed by atoms with Gasteiger partial charge in [0.15, 0.2) is 11.5 Å². The molecule has 8 heteroatoms. The number of benzene rings is 2. The van der Waals surface area contributed by atoms with Crippen molar-refractivity contribution in [3.8, 4) is 28.5 Å². The lowest BCUT2D eigenvalue weighted by Gasteiger charge is -2.05. The Morgan fingerprint density at radius 3 is 2.52 bits per heavy atom. The Hall–Kier alpha value is -2.84. The van der Waals surface area contributed by atoms with Gasteiger partial charge in [-0.25, -0.2) is 4.68 Å². The summed E-state index contributed by atoms with van der Waals surface area (Å²) in [4.78, 5) is 5.10. The van der Waals surface area contributed by atoms with Crippen LogP contribution in [-0.2, 0) is 0 Å². The van der Waals surface area contributed by atoms with Crippen LogP contribution in [0.3, 0.4) is 0 Å². The highest BCUT2D eigenvalue weighted by Gasteiger charge is 2.11. The fourth-order valence-electron chi connectivity index (χ4n) is 2.29. The van der Waals surface area contributed by atoms with Crippen LogP contribution >= 0.6 is 27.3 Å². The van der Waals surface area contributed by atoms with Gasteiger partial charge in [-0.1, -0.05) is 34.1 Å². The molecule has 0 saturated carbocycles. The molecule has 6 nitrogen and oxygen atoms in total. The minimum atomic E-state index is -0.584. The summed E-state index contributed by atoms with van der Waals surface area (Å²) in [7, 11) is 0. The molecule has 0 spiro atoms. The van der Waals surface area contributed by atoms with Gasteiger partial charge in [0.05, 0.1) is 18.5 Å². The van der Waals surface area contributed by atoms with Crippen molar-refractivity contribution in [1.29, 1.82) is 0 Å². The molecule has 0 fully saturated rings. The van der Waals surface area contributed by atoms with E-state index in [9.17, 15) is 15.3 Å². The van der Waals surface area contributed by atoms with Crippen molar-refractivity contribution in [2.24, 2.45) is 10.1 Å². The standard InChI is InChI=1S/C19H16BrN3O3S/c1-2-9-21-19-23(15(11-27-19)12-3-6-14(20)7-4-12)22-10-13-5-8-16(24)18(26)17(13)25/h2-8,10-11,24-26H,1,9H2. The molecule has 0 aliphatic heterocycles. The number of phenolic OH excluding ortho intramolecular Hbond substituents is 3. The minimum absolute atomic E-state index is 0.264. The number of phenols is 3. The van der Waals surface area contributed by atoms with Crippen LogP contribution in [0.2, 0.25) is 0 Å². The lowest BCUT2D eigenvalue weighted by atomic mass is 10.2. The first-order valence-electron chi connectivity index (χ1n) is 7.87. The fourth-order valence-corrected chi connectivity index (χ4v) is 3.40. The summed E-state index contributed by atoms with van der Waals surface area (Å²) in [5.74, 6) is -1.42. The molecular weight excluding hydrogens is 430 g/mol. The first-order chi connectivity index (χ1) is 13.0. The number of rotatable bonds is 5. The van der Waals surface area contributed by atoms with E-state index in [-0.39, 0.29) is 5.56 Å². The van der Waals surface area contributed by atoms with Crippen LogP contribution in [0.15, 0.2) is 69.0 Å². The van der Waals surface area contributed by atoms with Gasteiger partial charge in [-0.05, 0) is 24.3 Å². The number of hydrogen-bond acceptors (Lipinski definition) is 6. The number of nitrogens with zero attached hydrogens (tertiary/aromatic N) is 3. The molecule has 0 aliphatic carbocycles. The van der Waals surface area contributed by atoms with Gasteiger partial charge in [0.25, 0.3) is 0 Å². The van der Waals surface area contributed by atoms with Gasteiger partial charge in [-0.2, -0.15) is 5.10 Å². The van der Waals surface area contributed by atoms with Crippen molar-refractivity contribution in [3.05, 3.63) is 69.3 Å². The van der Waals surface area contributed by atoms with Crippen LogP contribution in [0.4, 0.5) is 0 Å². The topological polar surface area (TPSA) is 90.3 Å². The number of aromatic nitrogens is 1. The van der Waals surface area contributed by atoms with Crippen molar-refractivity contribution in [3.63, 3.8) is 0 Å². The van der Waals surface area contributed by atoms with E-state index in [1.54, 1.807) is 10.8 Å². The van der Waals surface area contributed by atoms with E-state index < -0.39 is 17.2 Å². The SMILES string of the molecule is C=CCN=c1scc(-c2ccc(Br)cc2)n1N=Cc1ccc(O)c(O)c1O. The number of thiazole rings is 1. The van der Waals surface area contributed by atoms with Gasteiger partial charge >= 0.3 is 0 Å². The number of halogens is 1. The third kappa shape index (κ3) is 4.12. The average Bonchev–Trinajstić information content (AvgIpc) is 3.07. The third-order valence-electron chi connectivity index (χ3n) is 3.65. The maximum absolute atomic E-state index is 9.98. The largest absolute Gasteiger partial charge is 0.504 e. The summed E-state index contributed by atoms with van der Waals surface area (Å²) in [6.07, 6.45) is 3.09. The van der Waals surface area contributed by atoms with E-state index in [2.05, 4.69) is 32.6 Å². The lowest BCUT2D eigenvalue weighted by Crippen LogP contribution is -2.12. The molecule has 1 heterocycles. The quantitative estimate of drug-likeness (QED) is 0.314. The summed E-state index contributed by atoms with van der Waals surface area (Å²) in [6.45, 7) is 4.12. The van der Waals surface area contributed by atoms with E-state index in [4.69, 9.17) is 0 Å². The second-order valence-electron chi connectivity index (χ2n) is 5.47. The van der Waals surface area contributed by atoms with Crippen LogP contribution < -0.4 is 4.80 Å². The number of hydrogen-bond donors (Lipinski definition) is 3. The Morgan fingerprint density at radius 1 is 1.07 bits per heavy atom. The lowest BCUT2D eigenvalue weighted by molar-refractivity contribution is 0.367. The summed E-state index contributed by atoms with van der Waals surface area (Å²) < 4.78 is 2.62. The summed E-state index contributed by atoms with van der Waals surface area (Å²) in [6, 6.07) is 10.5. The smallest absolute Gasteiger partial charge is 0.206 e. The second kappa shape index (κ2) is 8.24. The van der Waals surface area contributed by atoms with E-state index in [0.29, 0.717) is 11.3 Å². The van der Waals surface area contributed by atoms with Gasteiger partial charge in [0.1, 0.15) is 0 Å². The molecule has 138 valence electrons. The predicted octanol–water partition coefficient (Wildman–Crippen LogP) is 4.06. The van der Waals surface area contributed by atoms with Crippen LogP contribution in [0.25, 0.3) is 11.3 Å². The van der Waals surface area contributed by atoms with Gasteiger partial charge < -0.3 is 15.3 Å². The average molecular weight is 446 g/mol. The molecule has 1 aromatic heterocycles. The zero-order valence-corrected chi connectivity index (χ0v) is 16.5. The molecule has 0 bridgehead atoms. The first-order valence-corrected chi connectivity index (χ1v) is 9.54. The molecule has 27 heavy (non-hydrogen) atoms. The zero-order valence-electron chi connectivity index (χ0n) is 14.1. The van der Waals surface area contributed by atoms with Gasteiger partial charge in [0.2, 0.25) is 10.6 Å². The fraction of sp³-hybridized carbons (Fsp3) is 0.0526. The normalized spacial score (nSPS) is 12.0. The highest BCUT2D eigenvalue weighted by Crippen LogP contribution is 2.36. The highest BCUT2D eigenvalue weighted by atomic mass is 79.9. The Bertz CT molecular complexity index is 1070. The molecule has 0 amide bonds. The number of aromatic hydroxyl groups is 3. The Morgan fingerprint density at radius 2 is 1.81 bits per heavy atom. The van der Waals surface area contributed by atoms with Crippen LogP contribution in [0, 0.1) is 0 Å². The molecule has 0 unspecified atom stereocenters. The van der Waals surface area contributed by atoms with Crippen LogP contribution in [-0.4, -0.2) is 32.8 Å². The molecule has 0 aliphatic rings. The van der Waals surface area contributed by atoms with E-state index >= 15 is 0 Å². The highest BCUT2D eigenvalue weighted by molar-refractivity contribution is 9.10. The van der Waals surface area contributed by atoms with Gasteiger partial charge in [0, 0.05) is 21.0 Å². The molecule has 3 aromatic rings. The maximum atomic E-state index is 9.98. The van der Waals surface area contributed by atoms with E-state index in [0.717, 1.165) is 15.7 Å². The van der Waals surface area contributed by atoms with Crippen LogP contribution in [0.5, 0.6) is 17.2 Å². The second-order valence-corrected chi connectivity index (χ2v) is 7.22. The molecule has 2 aromatic carbocycles. The summed E-state index contributed by atoms with van der Waals surface area (Å²) in [5, 5.41) is 35.5. The van der Waals surface area contributed by atoms with Crippen molar-refractivity contribution in [2.75, 3.05) is 6.54 Å². The zero-order chi connectivity index (χ0) is 19.4. The van der Waals surface area contributed by atoms with Crippen LogP contribution in [0.1, 0.15) is 5.56 Å². The van der Waals surface area contributed by atoms with Gasteiger partial charge in [-0.15, -0.1) is 17.9 Å². The summed E-state index contributed by atoms with van der Waals surface area (Å²) >= 11 is 4.85. The van der Waals surface area contributed by atoms with Crippen molar-refractivity contribution < 1.29 is 15.3 Å². The Kier molecular flexibility index (Phi) is 5.78. The molecule has 3 rings (SSSR count). The van der Waals surface area contributed by atoms with Crippen molar-refractivity contribution in [2.45, 2.75) is 0 Å². The predicted molar refractivity (Wildman–Crippen MR) is 111 cm³/mol. The van der Waals surface area contributed by atoms with E-state index in [1.165, 1.54) is 29.7 Å². The molecule has 0 saturated heterocycles. The van der Waals surface area contributed by atoms with Crippen molar-refractivity contribution >= 4 is 33.5 Å². The molecule has 0 radical (unpaired) electrons. The van der Waals surface area contributed by atoms with E-state index in [1.807, 2.05) is 29.6 Å². The Labute approximate surface area is 167 Å². The van der Waals surface area contributed by atoms with Crippen molar-refractivity contribution in [1.82, 2.24) is 4.68 Å². The molecule has 3 N–H and O–H groups in total. The maximum Gasteiger partial charge on any atom is 0.206 e. The Balaban J connectivity index is 2.10. The molecule has 0 atom stereocenters. The third-order valence-corrected chi connectivity index (χ3v) is 5.04. The minimum Gasteiger partial charge on any atom is -0.504 e. The monoisotopic (exact) mass is 445 g/mol. The summed E-state index contributed by atoms with van der Waals surface area (Å²) in [5.41, 5.74) is 2.04.